The fourth-order valence-corrected chi connectivity index (χ4v) is 4.92. The van der Waals surface area contributed by atoms with Gasteiger partial charge in [0, 0.05) is 5.56 Å². The lowest BCUT2D eigenvalue weighted by molar-refractivity contribution is -0.122. The third-order valence-electron chi connectivity index (χ3n) is 5.42. The Balaban J connectivity index is 1.46. The molecule has 0 saturated carbocycles. The first-order valence-corrected chi connectivity index (χ1v) is 9.94. The number of rotatable bonds is 2. The molecule has 1 aliphatic carbocycles. The molecule has 5 rings (SSSR count). The van der Waals surface area contributed by atoms with E-state index in [9.17, 15) is 9.59 Å². The monoisotopic (exact) mass is 374 g/mol. The van der Waals surface area contributed by atoms with E-state index < -0.39 is 0 Å². The fourth-order valence-electron chi connectivity index (χ4n) is 3.97. The maximum absolute atomic E-state index is 12.7. The van der Waals surface area contributed by atoms with Gasteiger partial charge in [-0.2, -0.15) is 0 Å². The highest BCUT2D eigenvalue weighted by Crippen LogP contribution is 2.38. The Hall–Kier alpha value is -2.79. The van der Waals surface area contributed by atoms with Crippen molar-refractivity contribution in [1.82, 2.24) is 4.98 Å². The standard InChI is InChI=1S/C22H18N2O2S/c1-13-6-11-19-18(12-13)23-20(27-19)14-7-9-15(10-8-14)24-21(25)16-4-2-3-5-17(16)22(24)26/h2-3,6-12,16-17H,4-5H2,1H3/t16-,17-/m1/s1. The van der Waals surface area contributed by atoms with E-state index in [1.165, 1.54) is 10.5 Å². The number of aryl methyl sites for hydroxylation is 1. The van der Waals surface area contributed by atoms with E-state index in [-0.39, 0.29) is 23.7 Å². The van der Waals surface area contributed by atoms with Gasteiger partial charge in [0.15, 0.2) is 0 Å². The van der Waals surface area contributed by atoms with Crippen LogP contribution >= 0.6 is 11.3 Å². The van der Waals surface area contributed by atoms with Gasteiger partial charge in [0.05, 0.1) is 27.7 Å². The normalized spacial score (nSPS) is 21.9. The largest absolute Gasteiger partial charge is 0.274 e. The molecule has 27 heavy (non-hydrogen) atoms. The van der Waals surface area contributed by atoms with E-state index in [0.717, 1.165) is 20.8 Å². The number of hydrogen-bond donors (Lipinski definition) is 0. The van der Waals surface area contributed by atoms with E-state index in [1.807, 2.05) is 36.4 Å². The Labute approximate surface area is 161 Å². The third-order valence-corrected chi connectivity index (χ3v) is 6.51. The molecule has 5 heteroatoms. The summed E-state index contributed by atoms with van der Waals surface area (Å²) in [5.41, 5.74) is 3.84. The third kappa shape index (κ3) is 2.61. The number of amides is 2. The van der Waals surface area contributed by atoms with Crippen molar-refractivity contribution >= 4 is 39.1 Å². The van der Waals surface area contributed by atoms with Crippen LogP contribution < -0.4 is 4.90 Å². The van der Waals surface area contributed by atoms with Crippen LogP contribution in [0.25, 0.3) is 20.8 Å². The molecule has 1 aromatic heterocycles. The van der Waals surface area contributed by atoms with Crippen LogP contribution in [-0.2, 0) is 9.59 Å². The van der Waals surface area contributed by atoms with Crippen LogP contribution in [0, 0.1) is 18.8 Å². The number of imide groups is 1. The van der Waals surface area contributed by atoms with Gasteiger partial charge in [-0.3, -0.25) is 14.5 Å². The van der Waals surface area contributed by atoms with Gasteiger partial charge >= 0.3 is 0 Å². The molecule has 1 aliphatic heterocycles. The van der Waals surface area contributed by atoms with Gasteiger partial charge in [0.2, 0.25) is 11.8 Å². The van der Waals surface area contributed by atoms with E-state index in [0.29, 0.717) is 18.5 Å². The smallest absolute Gasteiger partial charge is 0.238 e. The second-order valence-electron chi connectivity index (χ2n) is 7.20. The molecule has 4 nitrogen and oxygen atoms in total. The molecule has 2 amide bonds. The summed E-state index contributed by atoms with van der Waals surface area (Å²) in [5, 5.41) is 0.944. The Bertz CT molecular complexity index is 1070. The Morgan fingerprint density at radius 1 is 0.963 bits per heavy atom. The van der Waals surface area contributed by atoms with Crippen LogP contribution in [0.1, 0.15) is 18.4 Å². The predicted molar refractivity (Wildman–Crippen MR) is 108 cm³/mol. The highest BCUT2D eigenvalue weighted by atomic mass is 32.1. The van der Waals surface area contributed by atoms with E-state index in [1.54, 1.807) is 11.3 Å². The molecule has 2 atom stereocenters. The molecule has 2 aliphatic rings. The van der Waals surface area contributed by atoms with Crippen LogP contribution in [0.15, 0.2) is 54.6 Å². The number of hydrogen-bond acceptors (Lipinski definition) is 4. The van der Waals surface area contributed by atoms with Crippen LogP contribution in [0.4, 0.5) is 5.69 Å². The minimum Gasteiger partial charge on any atom is -0.274 e. The second kappa shape index (κ2) is 6.13. The van der Waals surface area contributed by atoms with Crippen molar-refractivity contribution in [2.45, 2.75) is 19.8 Å². The van der Waals surface area contributed by atoms with Gasteiger partial charge in [-0.1, -0.05) is 18.2 Å². The molecule has 0 bridgehead atoms. The molecule has 134 valence electrons. The molecule has 0 unspecified atom stereocenters. The van der Waals surface area contributed by atoms with Gasteiger partial charge in [0.25, 0.3) is 0 Å². The second-order valence-corrected chi connectivity index (χ2v) is 8.24. The minimum absolute atomic E-state index is 0.0717. The lowest BCUT2D eigenvalue weighted by Crippen LogP contribution is -2.30. The zero-order valence-corrected chi connectivity index (χ0v) is 15.7. The number of carbonyl (C=O) groups is 2. The summed E-state index contributed by atoms with van der Waals surface area (Å²) in [5.74, 6) is -0.542. The molecule has 0 radical (unpaired) electrons. The van der Waals surface area contributed by atoms with Gasteiger partial charge < -0.3 is 0 Å². The first-order chi connectivity index (χ1) is 13.1. The van der Waals surface area contributed by atoms with Gasteiger partial charge in [0.1, 0.15) is 5.01 Å². The van der Waals surface area contributed by atoms with Crippen LogP contribution in [-0.4, -0.2) is 16.8 Å². The summed E-state index contributed by atoms with van der Waals surface area (Å²) in [6, 6.07) is 13.9. The average Bonchev–Trinajstić information content (AvgIpc) is 3.21. The summed E-state index contributed by atoms with van der Waals surface area (Å²) in [4.78, 5) is 31.5. The van der Waals surface area contributed by atoms with E-state index in [4.69, 9.17) is 4.98 Å². The predicted octanol–water partition coefficient (Wildman–Crippen LogP) is 4.73. The Morgan fingerprint density at radius 2 is 1.63 bits per heavy atom. The number of allylic oxidation sites excluding steroid dienone is 2. The van der Waals surface area contributed by atoms with Crippen molar-refractivity contribution in [3.05, 3.63) is 60.2 Å². The number of fused-ring (bicyclic) bond motifs is 2. The summed E-state index contributed by atoms with van der Waals surface area (Å²) in [6.07, 6.45) is 5.34. The Morgan fingerprint density at radius 3 is 2.30 bits per heavy atom. The van der Waals surface area contributed by atoms with Gasteiger partial charge in [-0.15, -0.1) is 11.3 Å². The summed E-state index contributed by atoms with van der Waals surface area (Å²) in [6.45, 7) is 2.06. The number of anilines is 1. The van der Waals surface area contributed by atoms with Crippen molar-refractivity contribution in [3.63, 3.8) is 0 Å². The molecule has 0 spiro atoms. The molecule has 1 saturated heterocycles. The highest BCUT2D eigenvalue weighted by molar-refractivity contribution is 7.21. The van der Waals surface area contributed by atoms with Crippen molar-refractivity contribution in [1.29, 1.82) is 0 Å². The molecular formula is C22H18N2O2S. The molecule has 2 aromatic carbocycles. The first-order valence-electron chi connectivity index (χ1n) is 9.12. The molecule has 2 heterocycles. The van der Waals surface area contributed by atoms with Crippen molar-refractivity contribution < 1.29 is 9.59 Å². The maximum atomic E-state index is 12.7. The van der Waals surface area contributed by atoms with Crippen LogP contribution in [0.2, 0.25) is 0 Å². The number of benzene rings is 2. The van der Waals surface area contributed by atoms with Gasteiger partial charge in [-0.25, -0.2) is 4.98 Å². The van der Waals surface area contributed by atoms with Crippen molar-refractivity contribution in [3.8, 4) is 10.6 Å². The highest BCUT2D eigenvalue weighted by Gasteiger charge is 2.47. The van der Waals surface area contributed by atoms with E-state index >= 15 is 0 Å². The lowest BCUT2D eigenvalue weighted by Gasteiger charge is -2.15. The number of nitrogens with zero attached hydrogens (tertiary/aromatic N) is 2. The first kappa shape index (κ1) is 16.4. The number of aromatic nitrogens is 1. The molecule has 0 N–H and O–H groups in total. The lowest BCUT2D eigenvalue weighted by atomic mass is 9.85. The topological polar surface area (TPSA) is 50.3 Å². The number of thiazole rings is 1. The van der Waals surface area contributed by atoms with Crippen molar-refractivity contribution in [2.24, 2.45) is 11.8 Å². The number of carbonyl (C=O) groups excluding carboxylic acids is 2. The average molecular weight is 374 g/mol. The van der Waals surface area contributed by atoms with Crippen LogP contribution in [0.5, 0.6) is 0 Å². The molecule has 3 aromatic rings. The summed E-state index contributed by atoms with van der Waals surface area (Å²) < 4.78 is 1.15. The SMILES string of the molecule is Cc1ccc2sc(-c3ccc(N4C(=O)[C@@H]5CC=CC[C@H]5C4=O)cc3)nc2c1. The summed E-state index contributed by atoms with van der Waals surface area (Å²) >= 11 is 1.65. The maximum Gasteiger partial charge on any atom is 0.238 e. The van der Waals surface area contributed by atoms with Crippen molar-refractivity contribution in [2.75, 3.05) is 4.90 Å². The minimum atomic E-state index is -0.199. The molecule has 1 fully saturated rings. The zero-order chi connectivity index (χ0) is 18.5. The zero-order valence-electron chi connectivity index (χ0n) is 14.9. The van der Waals surface area contributed by atoms with Crippen LogP contribution in [0.3, 0.4) is 0 Å². The van der Waals surface area contributed by atoms with E-state index in [2.05, 4.69) is 25.1 Å². The van der Waals surface area contributed by atoms with Gasteiger partial charge in [-0.05, 0) is 61.7 Å². The fraction of sp³-hybridized carbons (Fsp3) is 0.227. The quantitative estimate of drug-likeness (QED) is 0.481. The summed E-state index contributed by atoms with van der Waals surface area (Å²) in [7, 11) is 0. The Kier molecular flexibility index (Phi) is 3.72. The molecular weight excluding hydrogens is 356 g/mol.